The molecular weight excluding hydrogens is 353 g/mol. The Bertz CT molecular complexity index is 899. The van der Waals surface area contributed by atoms with Gasteiger partial charge in [0.05, 0.1) is 11.3 Å². The number of anilines is 1. The number of nitrogens with one attached hydrogen (secondary N) is 1. The lowest BCUT2D eigenvalue weighted by Gasteiger charge is -2.18. The van der Waals surface area contributed by atoms with E-state index in [1.54, 1.807) is 18.2 Å². The Balaban J connectivity index is 2.27. The summed E-state index contributed by atoms with van der Waals surface area (Å²) in [4.78, 5) is 12.3. The molecule has 0 aliphatic rings. The van der Waals surface area contributed by atoms with Gasteiger partial charge in [-0.25, -0.2) is 0 Å². The zero-order valence-electron chi connectivity index (χ0n) is 15.2. The maximum Gasteiger partial charge on any atom is 0.418 e. The van der Waals surface area contributed by atoms with Gasteiger partial charge >= 0.3 is 6.18 Å². The zero-order chi connectivity index (χ0) is 20.2. The van der Waals surface area contributed by atoms with Crippen LogP contribution in [0.1, 0.15) is 37.5 Å². The van der Waals surface area contributed by atoms with Crippen LogP contribution in [0.15, 0.2) is 54.1 Å². The lowest BCUT2D eigenvalue weighted by atomic mass is 9.86. The summed E-state index contributed by atoms with van der Waals surface area (Å²) in [6, 6.07) is 13.7. The number of benzene rings is 2. The fourth-order valence-electron chi connectivity index (χ4n) is 2.42. The maximum atomic E-state index is 13.0. The fourth-order valence-corrected chi connectivity index (χ4v) is 2.42. The summed E-state index contributed by atoms with van der Waals surface area (Å²) < 4.78 is 39.1. The van der Waals surface area contributed by atoms with Crippen molar-refractivity contribution in [2.24, 2.45) is 0 Å². The minimum Gasteiger partial charge on any atom is -0.321 e. The predicted octanol–water partition coefficient (Wildman–Crippen LogP) is 5.55. The van der Waals surface area contributed by atoms with E-state index in [1.165, 1.54) is 18.2 Å². The molecule has 1 amide bonds. The lowest BCUT2D eigenvalue weighted by molar-refractivity contribution is -0.137. The molecule has 0 bridgehead atoms. The number of hydrogen-bond donors (Lipinski definition) is 1. The summed E-state index contributed by atoms with van der Waals surface area (Å²) in [5.41, 5.74) is 0.0133. The van der Waals surface area contributed by atoms with Crippen molar-refractivity contribution in [1.29, 1.82) is 5.26 Å². The Morgan fingerprint density at radius 2 is 1.63 bits per heavy atom. The highest BCUT2D eigenvalue weighted by Gasteiger charge is 2.33. The van der Waals surface area contributed by atoms with Crippen molar-refractivity contribution in [2.75, 3.05) is 5.32 Å². The molecule has 27 heavy (non-hydrogen) atoms. The first-order valence-corrected chi connectivity index (χ1v) is 8.22. The van der Waals surface area contributed by atoms with Crippen LogP contribution in [0, 0.1) is 11.3 Å². The summed E-state index contributed by atoms with van der Waals surface area (Å²) in [5, 5.41) is 11.4. The van der Waals surface area contributed by atoms with Crippen molar-refractivity contribution in [1.82, 2.24) is 0 Å². The number of hydrogen-bond acceptors (Lipinski definition) is 2. The molecule has 6 heteroatoms. The highest BCUT2D eigenvalue weighted by Crippen LogP contribution is 2.34. The highest BCUT2D eigenvalue weighted by atomic mass is 19.4. The van der Waals surface area contributed by atoms with E-state index in [0.717, 1.165) is 17.7 Å². The van der Waals surface area contributed by atoms with Crippen LogP contribution in [0.3, 0.4) is 0 Å². The smallest absolute Gasteiger partial charge is 0.321 e. The van der Waals surface area contributed by atoms with Crippen molar-refractivity contribution in [3.63, 3.8) is 0 Å². The van der Waals surface area contributed by atoms with E-state index >= 15 is 0 Å². The third kappa shape index (κ3) is 5.20. The van der Waals surface area contributed by atoms with Crippen LogP contribution in [0.25, 0.3) is 6.08 Å². The van der Waals surface area contributed by atoms with Gasteiger partial charge in [0.2, 0.25) is 0 Å². The lowest BCUT2D eigenvalue weighted by Crippen LogP contribution is -2.17. The molecule has 0 heterocycles. The van der Waals surface area contributed by atoms with Crippen molar-refractivity contribution in [3.8, 4) is 6.07 Å². The average Bonchev–Trinajstić information content (AvgIpc) is 2.58. The zero-order valence-corrected chi connectivity index (χ0v) is 15.2. The van der Waals surface area contributed by atoms with Crippen molar-refractivity contribution < 1.29 is 18.0 Å². The van der Waals surface area contributed by atoms with Gasteiger partial charge in [0.25, 0.3) is 5.91 Å². The van der Waals surface area contributed by atoms with E-state index in [0.29, 0.717) is 5.56 Å². The monoisotopic (exact) mass is 372 g/mol. The van der Waals surface area contributed by atoms with E-state index in [-0.39, 0.29) is 16.7 Å². The molecule has 0 atom stereocenters. The van der Waals surface area contributed by atoms with Crippen LogP contribution in [-0.2, 0) is 16.4 Å². The first-order valence-electron chi connectivity index (χ1n) is 8.22. The summed E-state index contributed by atoms with van der Waals surface area (Å²) in [6.45, 7) is 6.18. The third-order valence-corrected chi connectivity index (χ3v) is 3.93. The van der Waals surface area contributed by atoms with Gasteiger partial charge in [-0.05, 0) is 34.8 Å². The van der Waals surface area contributed by atoms with Crippen LogP contribution in [0.4, 0.5) is 18.9 Å². The minimum atomic E-state index is -4.61. The second kappa shape index (κ2) is 7.67. The summed E-state index contributed by atoms with van der Waals surface area (Å²) in [5.74, 6) is -0.894. The van der Waals surface area contributed by atoms with E-state index in [9.17, 15) is 23.2 Å². The Hall–Kier alpha value is -3.07. The van der Waals surface area contributed by atoms with Crippen LogP contribution < -0.4 is 5.32 Å². The minimum absolute atomic E-state index is 0.0427. The number of halogens is 3. The molecule has 140 valence electrons. The maximum absolute atomic E-state index is 13.0. The molecule has 0 unspecified atom stereocenters. The quantitative estimate of drug-likeness (QED) is 0.567. The van der Waals surface area contributed by atoms with Crippen molar-refractivity contribution in [2.45, 2.75) is 32.4 Å². The normalized spacial score (nSPS) is 12.4. The summed E-state index contributed by atoms with van der Waals surface area (Å²) in [7, 11) is 0. The first kappa shape index (κ1) is 20.2. The van der Waals surface area contributed by atoms with Crippen LogP contribution in [0.5, 0.6) is 0 Å². The molecule has 0 aliphatic carbocycles. The number of nitrogens with zero attached hydrogens (tertiary/aromatic N) is 1. The second-order valence-corrected chi connectivity index (χ2v) is 7.04. The summed E-state index contributed by atoms with van der Waals surface area (Å²) in [6.07, 6.45) is -3.26. The molecule has 0 radical (unpaired) electrons. The number of alkyl halides is 3. The van der Waals surface area contributed by atoms with Gasteiger partial charge in [0.1, 0.15) is 11.6 Å². The number of rotatable bonds is 3. The highest BCUT2D eigenvalue weighted by molar-refractivity contribution is 6.10. The molecule has 1 N–H and O–H groups in total. The second-order valence-electron chi connectivity index (χ2n) is 7.04. The molecule has 0 saturated heterocycles. The molecule has 0 fully saturated rings. The van der Waals surface area contributed by atoms with Gasteiger partial charge in [-0.2, -0.15) is 18.4 Å². The van der Waals surface area contributed by atoms with Gasteiger partial charge in [-0.3, -0.25) is 4.79 Å². The standard InChI is InChI=1S/C21H19F3N2O/c1-20(2,3)16-10-8-14(9-11-16)12-15(13-25)19(27)26-18-7-5-4-6-17(18)21(22,23)24/h4-12H,1-3H3,(H,26,27)/b15-12+. The van der Waals surface area contributed by atoms with Gasteiger partial charge in [-0.15, -0.1) is 0 Å². The van der Waals surface area contributed by atoms with Crippen LogP contribution in [-0.4, -0.2) is 5.91 Å². The van der Waals surface area contributed by atoms with Gasteiger partial charge in [-0.1, -0.05) is 57.2 Å². The number of carbonyl (C=O) groups excluding carboxylic acids is 1. The van der Waals surface area contributed by atoms with E-state index < -0.39 is 17.6 Å². The number of carbonyl (C=O) groups is 1. The van der Waals surface area contributed by atoms with E-state index in [4.69, 9.17) is 0 Å². The largest absolute Gasteiger partial charge is 0.418 e. The number of nitriles is 1. The van der Waals surface area contributed by atoms with Gasteiger partial charge in [0, 0.05) is 0 Å². The molecule has 0 saturated carbocycles. The SMILES string of the molecule is CC(C)(C)c1ccc(/C=C(\C#N)C(=O)Nc2ccccc2C(F)(F)F)cc1. The third-order valence-electron chi connectivity index (χ3n) is 3.93. The van der Waals surface area contributed by atoms with Crippen molar-refractivity contribution in [3.05, 3.63) is 70.8 Å². The number of para-hydroxylation sites is 1. The van der Waals surface area contributed by atoms with Crippen LogP contribution >= 0.6 is 0 Å². The average molecular weight is 372 g/mol. The van der Waals surface area contributed by atoms with E-state index in [2.05, 4.69) is 26.1 Å². The molecule has 2 aromatic carbocycles. The topological polar surface area (TPSA) is 52.9 Å². The van der Waals surface area contributed by atoms with Gasteiger partial charge in [0.15, 0.2) is 0 Å². The van der Waals surface area contributed by atoms with Crippen molar-refractivity contribution >= 4 is 17.7 Å². The molecule has 2 aromatic rings. The van der Waals surface area contributed by atoms with E-state index in [1.807, 2.05) is 12.1 Å². The Morgan fingerprint density at radius 3 is 2.15 bits per heavy atom. The summed E-state index contributed by atoms with van der Waals surface area (Å²) >= 11 is 0. The molecular formula is C21H19F3N2O. The predicted molar refractivity (Wildman–Crippen MR) is 98.8 cm³/mol. The molecule has 0 spiro atoms. The Labute approximate surface area is 156 Å². The first-order chi connectivity index (χ1) is 12.5. The Morgan fingerprint density at radius 1 is 1.04 bits per heavy atom. The molecule has 0 aromatic heterocycles. The fraction of sp³-hybridized carbons (Fsp3) is 0.238. The Kier molecular flexibility index (Phi) is 5.75. The molecule has 0 aliphatic heterocycles. The van der Waals surface area contributed by atoms with Crippen LogP contribution in [0.2, 0.25) is 0 Å². The van der Waals surface area contributed by atoms with Gasteiger partial charge < -0.3 is 5.32 Å². The molecule has 3 nitrogen and oxygen atoms in total. The number of amides is 1. The molecule has 2 rings (SSSR count).